The van der Waals surface area contributed by atoms with Crippen LogP contribution in [0, 0.1) is 0 Å². The number of nitrogens with zero attached hydrogens (tertiary/aromatic N) is 1. The highest BCUT2D eigenvalue weighted by Crippen LogP contribution is 2.29. The van der Waals surface area contributed by atoms with E-state index in [0.29, 0.717) is 0 Å². The normalized spacial score (nSPS) is 13.3. The van der Waals surface area contributed by atoms with Gasteiger partial charge in [0.25, 0.3) is 0 Å². The van der Waals surface area contributed by atoms with Gasteiger partial charge in [-0.2, -0.15) is 0 Å². The van der Waals surface area contributed by atoms with E-state index in [9.17, 15) is 4.79 Å². The summed E-state index contributed by atoms with van der Waals surface area (Å²) in [6, 6.07) is 5.63. The lowest BCUT2D eigenvalue weighted by Crippen LogP contribution is -2.19. The van der Waals surface area contributed by atoms with Crippen molar-refractivity contribution in [2.75, 3.05) is 18.6 Å². The summed E-state index contributed by atoms with van der Waals surface area (Å²) in [4.78, 5) is 12.3. The third-order valence-electron chi connectivity index (χ3n) is 2.32. The second-order valence-electron chi connectivity index (χ2n) is 3.20. The van der Waals surface area contributed by atoms with E-state index in [2.05, 4.69) is 0 Å². The number of amides is 1. The van der Waals surface area contributed by atoms with Gasteiger partial charge in [0.1, 0.15) is 5.75 Å². The fourth-order valence-electron chi connectivity index (χ4n) is 1.48. The lowest BCUT2D eigenvalue weighted by Gasteiger charge is -2.13. The maximum absolute atomic E-state index is 10.9. The molecule has 0 bridgehead atoms. The molecule has 1 aromatic carbocycles. The Bertz CT molecular complexity index is 378. The Kier molecular flexibility index (Phi) is 2.33. The van der Waals surface area contributed by atoms with Crippen LogP contribution in [0.5, 0.6) is 5.75 Å². The number of hydrogen-bond donors (Lipinski definition) is 0. The van der Waals surface area contributed by atoms with Crippen molar-refractivity contribution in [1.29, 1.82) is 0 Å². The molecular weight excluding hydrogens is 202 g/mol. The van der Waals surface area contributed by atoms with Gasteiger partial charge in [-0.05, 0) is 35.4 Å². The summed E-state index contributed by atoms with van der Waals surface area (Å²) in [7, 11) is 1.65. The highest BCUT2D eigenvalue weighted by Gasteiger charge is 2.15. The number of anilines is 1. The molecule has 1 aromatic rings. The van der Waals surface area contributed by atoms with Gasteiger partial charge in [-0.25, -0.2) is 0 Å². The van der Waals surface area contributed by atoms with Gasteiger partial charge in [-0.1, -0.05) is 0 Å². The van der Waals surface area contributed by atoms with Crippen LogP contribution in [0.4, 0.5) is 10.5 Å². The monoisotopic (exact) mass is 211 g/mol. The molecule has 0 spiro atoms. The van der Waals surface area contributed by atoms with Gasteiger partial charge in [-0.3, -0.25) is 4.79 Å². The highest BCUT2D eigenvalue weighted by atomic mass is 35.5. The zero-order valence-corrected chi connectivity index (χ0v) is 8.54. The van der Waals surface area contributed by atoms with Crippen LogP contribution in [0.2, 0.25) is 0 Å². The molecule has 0 radical (unpaired) electrons. The second-order valence-corrected chi connectivity index (χ2v) is 3.53. The maximum Gasteiger partial charge on any atom is 0.320 e. The quantitative estimate of drug-likeness (QED) is 0.528. The highest BCUT2D eigenvalue weighted by molar-refractivity contribution is 6.66. The van der Waals surface area contributed by atoms with Crippen molar-refractivity contribution in [2.45, 2.75) is 6.42 Å². The first-order valence-corrected chi connectivity index (χ1v) is 4.75. The van der Waals surface area contributed by atoms with E-state index in [0.717, 1.165) is 30.0 Å². The molecule has 4 heteroatoms. The third kappa shape index (κ3) is 1.55. The molecule has 1 heterocycles. The predicted octanol–water partition coefficient (Wildman–Crippen LogP) is 2.42. The molecule has 14 heavy (non-hydrogen) atoms. The van der Waals surface area contributed by atoms with Crippen molar-refractivity contribution in [3.63, 3.8) is 0 Å². The van der Waals surface area contributed by atoms with Crippen molar-refractivity contribution >= 4 is 22.7 Å². The van der Waals surface area contributed by atoms with E-state index < -0.39 is 5.37 Å². The molecule has 1 aliphatic heterocycles. The number of fused-ring (bicyclic) bond motifs is 1. The first-order valence-electron chi connectivity index (χ1n) is 4.37. The number of benzene rings is 1. The lowest BCUT2D eigenvalue weighted by molar-refractivity contribution is 0.265. The predicted molar refractivity (Wildman–Crippen MR) is 55.3 cm³/mol. The molecule has 0 N–H and O–H groups in total. The molecule has 0 saturated heterocycles. The topological polar surface area (TPSA) is 29.5 Å². The first kappa shape index (κ1) is 9.34. The van der Waals surface area contributed by atoms with Crippen LogP contribution in [-0.4, -0.2) is 19.0 Å². The lowest BCUT2D eigenvalue weighted by atomic mass is 10.1. The minimum atomic E-state index is -0.483. The first-order chi connectivity index (χ1) is 6.68. The molecule has 0 atom stereocenters. The van der Waals surface area contributed by atoms with E-state index in [1.807, 2.05) is 18.2 Å². The summed E-state index contributed by atoms with van der Waals surface area (Å²) >= 11 is 5.37. The van der Waals surface area contributed by atoms with Crippen molar-refractivity contribution in [3.05, 3.63) is 23.8 Å². The number of halogens is 1. The van der Waals surface area contributed by atoms with Crippen molar-refractivity contribution in [3.8, 4) is 5.75 Å². The van der Waals surface area contributed by atoms with E-state index >= 15 is 0 Å². The molecule has 0 fully saturated rings. The van der Waals surface area contributed by atoms with Gasteiger partial charge >= 0.3 is 5.37 Å². The van der Waals surface area contributed by atoms with Crippen LogP contribution in [0.15, 0.2) is 18.2 Å². The average molecular weight is 212 g/mol. The minimum absolute atomic E-state index is 0.483. The van der Waals surface area contributed by atoms with Crippen molar-refractivity contribution in [2.24, 2.45) is 0 Å². The molecule has 1 amide bonds. The van der Waals surface area contributed by atoms with Gasteiger partial charge in [0.2, 0.25) is 0 Å². The Morgan fingerprint density at radius 1 is 1.57 bits per heavy atom. The Morgan fingerprint density at radius 2 is 2.36 bits per heavy atom. The molecule has 0 aromatic heterocycles. The van der Waals surface area contributed by atoms with Gasteiger partial charge in [-0.15, -0.1) is 0 Å². The average Bonchev–Trinajstić information content (AvgIpc) is 2.62. The summed E-state index contributed by atoms with van der Waals surface area (Å²) in [5.41, 5.74) is 1.93. The molecule has 0 aliphatic carbocycles. The van der Waals surface area contributed by atoms with Gasteiger partial charge < -0.3 is 9.64 Å². The smallest absolute Gasteiger partial charge is 0.320 e. The number of rotatable bonds is 1. The Hall–Kier alpha value is -1.22. The molecule has 3 nitrogen and oxygen atoms in total. The summed E-state index contributed by atoms with van der Waals surface area (Å²) < 4.78 is 5.36. The van der Waals surface area contributed by atoms with Crippen LogP contribution < -0.4 is 9.64 Å². The zero-order valence-electron chi connectivity index (χ0n) is 7.79. The Balaban J connectivity index is 2.33. The van der Waals surface area contributed by atoms with Crippen LogP contribution >= 0.6 is 11.6 Å². The van der Waals surface area contributed by atoms with E-state index in [4.69, 9.17) is 16.3 Å². The molecule has 0 unspecified atom stereocenters. The second kappa shape index (κ2) is 3.50. The summed E-state index contributed by atoms with van der Waals surface area (Å²) in [5, 5.41) is -0.483. The molecule has 1 aliphatic rings. The van der Waals surface area contributed by atoms with Crippen LogP contribution in [0.1, 0.15) is 5.56 Å². The summed E-state index contributed by atoms with van der Waals surface area (Å²) in [6.07, 6.45) is 0.896. The fraction of sp³-hybridized carbons (Fsp3) is 0.300. The Labute approximate surface area is 87.2 Å². The standard InChI is InChI=1S/C10H10ClNO2/c1-12(10(11)13)8-2-3-9-7(6-8)4-5-14-9/h2-3,6H,4-5H2,1H3. The molecule has 0 saturated carbocycles. The number of carbonyl (C=O) groups is 1. The molecular formula is C10H10ClNO2. The van der Waals surface area contributed by atoms with E-state index in [1.165, 1.54) is 4.90 Å². The van der Waals surface area contributed by atoms with Crippen LogP contribution in [-0.2, 0) is 6.42 Å². The fourth-order valence-corrected chi connectivity index (χ4v) is 1.58. The van der Waals surface area contributed by atoms with Crippen molar-refractivity contribution < 1.29 is 9.53 Å². The van der Waals surface area contributed by atoms with E-state index in [1.54, 1.807) is 7.05 Å². The maximum atomic E-state index is 10.9. The number of hydrogen-bond acceptors (Lipinski definition) is 2. The van der Waals surface area contributed by atoms with Crippen LogP contribution in [0.3, 0.4) is 0 Å². The summed E-state index contributed by atoms with van der Waals surface area (Å²) in [6.45, 7) is 0.720. The number of carbonyl (C=O) groups excluding carboxylic acids is 1. The summed E-state index contributed by atoms with van der Waals surface area (Å²) in [5.74, 6) is 0.907. The number of ether oxygens (including phenoxy) is 1. The van der Waals surface area contributed by atoms with Crippen LogP contribution in [0.25, 0.3) is 0 Å². The minimum Gasteiger partial charge on any atom is -0.493 e. The van der Waals surface area contributed by atoms with Gasteiger partial charge in [0, 0.05) is 19.2 Å². The zero-order chi connectivity index (χ0) is 10.1. The largest absolute Gasteiger partial charge is 0.493 e. The SMILES string of the molecule is CN(C(=O)Cl)c1ccc2c(c1)CCO2. The van der Waals surface area contributed by atoms with Gasteiger partial charge in [0.05, 0.1) is 6.61 Å². The molecule has 74 valence electrons. The van der Waals surface area contributed by atoms with E-state index in [-0.39, 0.29) is 0 Å². The Morgan fingerprint density at radius 3 is 3.07 bits per heavy atom. The third-order valence-corrected chi connectivity index (χ3v) is 2.58. The van der Waals surface area contributed by atoms with Crippen molar-refractivity contribution in [1.82, 2.24) is 0 Å². The van der Waals surface area contributed by atoms with Gasteiger partial charge in [0.15, 0.2) is 0 Å². The molecule has 2 rings (SSSR count).